The topological polar surface area (TPSA) is 78.9 Å². The molecule has 0 aliphatic carbocycles. The van der Waals surface area contributed by atoms with Crippen LogP contribution in [0.4, 0.5) is 17.1 Å². The number of thiocarbonyl (C=S) groups is 1. The fraction of sp³-hybridized carbons (Fsp3) is 0. The van der Waals surface area contributed by atoms with E-state index < -0.39 is 0 Å². The highest BCUT2D eigenvalue weighted by molar-refractivity contribution is 14.1. The number of amides is 1. The first-order chi connectivity index (χ1) is 12.5. The van der Waals surface area contributed by atoms with Crippen LogP contribution in [0.1, 0.15) is 10.5 Å². The second kappa shape index (κ2) is 8.71. The lowest BCUT2D eigenvalue weighted by Gasteiger charge is -2.13. The summed E-state index contributed by atoms with van der Waals surface area (Å²) in [6, 6.07) is 12.7. The zero-order valence-corrected chi connectivity index (χ0v) is 17.5. The van der Waals surface area contributed by atoms with Crippen molar-refractivity contribution in [2.75, 3.05) is 16.0 Å². The van der Waals surface area contributed by atoms with Crippen LogP contribution in [-0.2, 0) is 0 Å². The van der Waals surface area contributed by atoms with Gasteiger partial charge in [0, 0.05) is 16.8 Å². The van der Waals surface area contributed by atoms with Crippen LogP contribution in [0.3, 0.4) is 0 Å². The minimum absolute atomic E-state index is 0.290. The summed E-state index contributed by atoms with van der Waals surface area (Å²) in [6.45, 7) is 0. The molecule has 3 N–H and O–H groups in total. The van der Waals surface area contributed by atoms with Crippen LogP contribution in [0.5, 0.6) is 0 Å². The van der Waals surface area contributed by atoms with Crippen molar-refractivity contribution in [1.82, 2.24) is 9.59 Å². The number of carbonyl (C=O) groups is 1. The highest BCUT2D eigenvalue weighted by Crippen LogP contribution is 2.26. The lowest BCUT2D eigenvalue weighted by atomic mass is 10.2. The van der Waals surface area contributed by atoms with Gasteiger partial charge in [-0.25, -0.2) is 0 Å². The molecule has 0 fully saturated rings. The molecular weight excluding hydrogens is 505 g/mol. The van der Waals surface area contributed by atoms with Crippen molar-refractivity contribution in [2.24, 2.45) is 0 Å². The molecule has 0 spiro atoms. The molecule has 0 atom stereocenters. The van der Waals surface area contributed by atoms with Crippen molar-refractivity contribution in [3.8, 4) is 0 Å². The molecule has 1 amide bonds. The van der Waals surface area contributed by atoms with Gasteiger partial charge in [-0.05, 0) is 82.7 Å². The smallest absolute Gasteiger partial charge is 0.277 e. The van der Waals surface area contributed by atoms with Gasteiger partial charge in [0.25, 0.3) is 5.91 Å². The summed E-state index contributed by atoms with van der Waals surface area (Å²) in [4.78, 5) is 11.9. The van der Waals surface area contributed by atoms with E-state index in [4.69, 9.17) is 23.8 Å². The number of benzene rings is 2. The van der Waals surface area contributed by atoms with E-state index >= 15 is 0 Å². The van der Waals surface area contributed by atoms with E-state index in [1.165, 1.54) is 0 Å². The third-order valence-corrected chi connectivity index (χ3v) is 5.70. The average Bonchev–Trinajstić information content (AvgIpc) is 3.15. The van der Waals surface area contributed by atoms with Crippen LogP contribution in [0.25, 0.3) is 0 Å². The number of aromatic nitrogens is 2. The van der Waals surface area contributed by atoms with E-state index in [1.54, 1.807) is 17.5 Å². The molecule has 3 rings (SSSR count). The molecule has 10 heteroatoms. The minimum Gasteiger partial charge on any atom is -0.332 e. The summed E-state index contributed by atoms with van der Waals surface area (Å²) < 4.78 is 4.56. The Labute approximate surface area is 177 Å². The number of anilines is 3. The molecule has 132 valence electrons. The summed E-state index contributed by atoms with van der Waals surface area (Å²) in [5.41, 5.74) is 2.56. The number of nitrogens with one attached hydrogen (secondary N) is 3. The molecular formula is C16H11ClIN5OS2. The van der Waals surface area contributed by atoms with Crippen LogP contribution in [0.2, 0.25) is 5.02 Å². The van der Waals surface area contributed by atoms with Crippen molar-refractivity contribution in [1.29, 1.82) is 0 Å². The van der Waals surface area contributed by atoms with Gasteiger partial charge in [-0.15, -0.1) is 5.10 Å². The van der Waals surface area contributed by atoms with E-state index in [-0.39, 0.29) is 5.91 Å². The summed E-state index contributed by atoms with van der Waals surface area (Å²) in [6.07, 6.45) is 0. The summed E-state index contributed by atoms with van der Waals surface area (Å²) >= 11 is 14.7. The Balaban J connectivity index is 1.59. The first-order valence-electron chi connectivity index (χ1n) is 7.23. The fourth-order valence-electron chi connectivity index (χ4n) is 1.98. The van der Waals surface area contributed by atoms with Crippen molar-refractivity contribution >= 4 is 86.0 Å². The minimum atomic E-state index is -0.299. The maximum absolute atomic E-state index is 11.9. The molecule has 0 aliphatic rings. The molecule has 0 bridgehead atoms. The quantitative estimate of drug-likeness (QED) is 0.340. The van der Waals surface area contributed by atoms with Gasteiger partial charge in [0.1, 0.15) is 0 Å². The number of hydrogen-bond donors (Lipinski definition) is 3. The van der Waals surface area contributed by atoms with Crippen LogP contribution in [0, 0.1) is 3.57 Å². The number of rotatable bonds is 4. The number of carbonyl (C=O) groups excluding carboxylic acids is 1. The fourth-order valence-corrected chi connectivity index (χ4v) is 3.31. The Morgan fingerprint density at radius 1 is 1.08 bits per heavy atom. The third kappa shape index (κ3) is 4.87. The second-order valence-electron chi connectivity index (χ2n) is 5.00. The van der Waals surface area contributed by atoms with E-state index in [2.05, 4.69) is 48.1 Å². The van der Waals surface area contributed by atoms with Crippen LogP contribution in [0.15, 0.2) is 47.8 Å². The van der Waals surface area contributed by atoms with Gasteiger partial charge < -0.3 is 16.0 Å². The molecule has 0 saturated heterocycles. The van der Waals surface area contributed by atoms with Crippen molar-refractivity contribution in [3.05, 3.63) is 62.1 Å². The van der Waals surface area contributed by atoms with Crippen LogP contribution >= 0.6 is 57.9 Å². The first kappa shape index (κ1) is 19.0. The standard InChI is InChI=1S/C16H11ClIN5OS2/c17-11-2-1-3-12(14(11)18)21-16(25)20-10-6-4-9(5-7-10)19-15(24)13-8-26-23-22-13/h1-8H,(H,19,24)(H2,20,21,25). The predicted molar refractivity (Wildman–Crippen MR) is 118 cm³/mol. The molecule has 6 nitrogen and oxygen atoms in total. The number of hydrogen-bond acceptors (Lipinski definition) is 5. The van der Waals surface area contributed by atoms with Gasteiger partial charge in [-0.3, -0.25) is 4.79 Å². The summed E-state index contributed by atoms with van der Waals surface area (Å²) in [5.74, 6) is -0.299. The Bertz CT molecular complexity index is 934. The average molecular weight is 516 g/mol. The highest BCUT2D eigenvalue weighted by Gasteiger charge is 2.09. The Hall–Kier alpha value is -1.82. The van der Waals surface area contributed by atoms with Gasteiger partial charge in [0.2, 0.25) is 0 Å². The van der Waals surface area contributed by atoms with E-state index in [0.717, 1.165) is 26.5 Å². The zero-order valence-electron chi connectivity index (χ0n) is 13.0. The van der Waals surface area contributed by atoms with Crippen molar-refractivity contribution in [3.63, 3.8) is 0 Å². The van der Waals surface area contributed by atoms with Gasteiger partial charge in [0.05, 0.1) is 14.3 Å². The van der Waals surface area contributed by atoms with E-state index in [1.807, 2.05) is 30.3 Å². The molecule has 0 aliphatic heterocycles. The van der Waals surface area contributed by atoms with Gasteiger partial charge in [-0.1, -0.05) is 22.2 Å². The second-order valence-corrected chi connectivity index (χ2v) is 7.51. The van der Waals surface area contributed by atoms with E-state index in [0.29, 0.717) is 21.5 Å². The maximum Gasteiger partial charge on any atom is 0.277 e. The van der Waals surface area contributed by atoms with E-state index in [9.17, 15) is 4.79 Å². The van der Waals surface area contributed by atoms with Gasteiger partial charge in [0.15, 0.2) is 10.8 Å². The molecule has 3 aromatic rings. The molecule has 1 aromatic heterocycles. The largest absolute Gasteiger partial charge is 0.332 e. The molecule has 26 heavy (non-hydrogen) atoms. The molecule has 0 saturated carbocycles. The monoisotopic (exact) mass is 515 g/mol. The zero-order chi connectivity index (χ0) is 18.5. The Kier molecular flexibility index (Phi) is 6.35. The van der Waals surface area contributed by atoms with Gasteiger partial charge in [-0.2, -0.15) is 0 Å². The Morgan fingerprint density at radius 2 is 1.77 bits per heavy atom. The molecule has 0 unspecified atom stereocenters. The normalized spacial score (nSPS) is 10.2. The lowest BCUT2D eigenvalue weighted by Crippen LogP contribution is -2.19. The lowest BCUT2D eigenvalue weighted by molar-refractivity contribution is 0.102. The Morgan fingerprint density at radius 3 is 2.42 bits per heavy atom. The summed E-state index contributed by atoms with van der Waals surface area (Å²) in [7, 11) is 0. The number of nitrogens with zero attached hydrogens (tertiary/aromatic N) is 2. The highest BCUT2D eigenvalue weighted by atomic mass is 127. The van der Waals surface area contributed by atoms with Crippen molar-refractivity contribution in [2.45, 2.75) is 0 Å². The van der Waals surface area contributed by atoms with Crippen molar-refractivity contribution < 1.29 is 4.79 Å². The van der Waals surface area contributed by atoms with Crippen LogP contribution in [-0.4, -0.2) is 20.6 Å². The molecule has 2 aromatic carbocycles. The SMILES string of the molecule is O=C(Nc1ccc(NC(=S)Nc2cccc(Cl)c2I)cc1)c1csnn1. The summed E-state index contributed by atoms with van der Waals surface area (Å²) in [5, 5.41) is 15.4. The molecule has 0 radical (unpaired) electrons. The molecule has 1 heterocycles. The third-order valence-electron chi connectivity index (χ3n) is 3.19. The van der Waals surface area contributed by atoms with Gasteiger partial charge >= 0.3 is 0 Å². The number of halogens is 2. The van der Waals surface area contributed by atoms with Crippen LogP contribution < -0.4 is 16.0 Å². The predicted octanol–water partition coefficient (Wildman–Crippen LogP) is 4.86. The first-order valence-corrected chi connectivity index (χ1v) is 9.93. The maximum atomic E-state index is 11.9.